The summed E-state index contributed by atoms with van der Waals surface area (Å²) in [5, 5.41) is 5.75. The second-order valence-electron chi connectivity index (χ2n) is 8.63. The molecule has 158 valence electrons. The number of carbonyl (C=O) groups excluding carboxylic acids is 1. The molecule has 2 fully saturated rings. The Bertz CT molecular complexity index is 1040. The van der Waals surface area contributed by atoms with E-state index in [1.54, 1.807) is 11.3 Å². The molecule has 0 bridgehead atoms. The van der Waals surface area contributed by atoms with Crippen molar-refractivity contribution < 1.29 is 4.79 Å². The van der Waals surface area contributed by atoms with E-state index in [-0.39, 0.29) is 5.92 Å². The maximum absolute atomic E-state index is 12.8. The minimum Gasteiger partial charge on any atom is -0.344 e. The summed E-state index contributed by atoms with van der Waals surface area (Å²) < 4.78 is 3.10. The molecule has 1 aromatic carbocycles. The van der Waals surface area contributed by atoms with Crippen molar-refractivity contribution in [1.29, 1.82) is 0 Å². The van der Waals surface area contributed by atoms with E-state index >= 15 is 0 Å². The first kappa shape index (κ1) is 19.5. The number of thiazole rings is 1. The van der Waals surface area contributed by atoms with E-state index in [4.69, 9.17) is 10.1 Å². The molecule has 3 heterocycles. The summed E-state index contributed by atoms with van der Waals surface area (Å²) in [6.07, 6.45) is 5.85. The highest BCUT2D eigenvalue weighted by molar-refractivity contribution is 7.22. The SMILES string of the molecule is Cc1ccc(-n2nc(C)c3sc(N4CCN(C(=O)C5CCCCC5)CC4)nc32)cc1. The normalized spacial score (nSPS) is 18.3. The molecule has 1 saturated heterocycles. The molecule has 3 aromatic rings. The second kappa shape index (κ2) is 8.02. The lowest BCUT2D eigenvalue weighted by Crippen LogP contribution is -2.50. The largest absolute Gasteiger partial charge is 0.344 e. The molecule has 1 amide bonds. The van der Waals surface area contributed by atoms with Crippen LogP contribution >= 0.6 is 11.3 Å². The maximum Gasteiger partial charge on any atom is 0.225 e. The van der Waals surface area contributed by atoms with Crippen molar-refractivity contribution in [3.8, 4) is 5.69 Å². The lowest BCUT2D eigenvalue weighted by atomic mass is 9.88. The molecule has 5 rings (SSSR count). The Morgan fingerprint density at radius 2 is 1.70 bits per heavy atom. The van der Waals surface area contributed by atoms with Crippen molar-refractivity contribution in [1.82, 2.24) is 19.7 Å². The fourth-order valence-corrected chi connectivity index (χ4v) is 5.69. The standard InChI is InChI=1S/C23H29N5OS/c1-16-8-10-19(11-9-16)28-21-20(17(2)25-28)30-23(24-21)27-14-12-26(13-15-27)22(29)18-6-4-3-5-7-18/h8-11,18H,3-7,12-15H2,1-2H3. The van der Waals surface area contributed by atoms with Crippen molar-refractivity contribution >= 4 is 32.7 Å². The van der Waals surface area contributed by atoms with E-state index in [0.29, 0.717) is 5.91 Å². The first-order valence-corrected chi connectivity index (χ1v) is 11.9. The first-order chi connectivity index (χ1) is 14.6. The van der Waals surface area contributed by atoms with Gasteiger partial charge in [-0.2, -0.15) is 10.1 Å². The van der Waals surface area contributed by atoms with E-state index in [1.807, 2.05) is 4.68 Å². The summed E-state index contributed by atoms with van der Waals surface area (Å²) in [5.74, 6) is 0.639. The zero-order valence-corrected chi connectivity index (χ0v) is 18.6. The summed E-state index contributed by atoms with van der Waals surface area (Å²) in [5.41, 5.74) is 4.22. The van der Waals surface area contributed by atoms with Gasteiger partial charge in [-0.05, 0) is 38.8 Å². The van der Waals surface area contributed by atoms with Crippen LogP contribution in [-0.4, -0.2) is 51.8 Å². The molecule has 0 atom stereocenters. The van der Waals surface area contributed by atoms with Gasteiger partial charge in [-0.1, -0.05) is 48.3 Å². The van der Waals surface area contributed by atoms with Gasteiger partial charge in [0.15, 0.2) is 10.8 Å². The smallest absolute Gasteiger partial charge is 0.225 e. The van der Waals surface area contributed by atoms with E-state index in [0.717, 1.165) is 65.9 Å². The highest BCUT2D eigenvalue weighted by Gasteiger charge is 2.29. The molecule has 1 saturated carbocycles. The molecule has 1 aliphatic carbocycles. The zero-order chi connectivity index (χ0) is 20.7. The molecule has 0 radical (unpaired) electrons. The van der Waals surface area contributed by atoms with E-state index in [9.17, 15) is 4.79 Å². The van der Waals surface area contributed by atoms with Gasteiger partial charge in [-0.25, -0.2) is 4.68 Å². The van der Waals surface area contributed by atoms with E-state index in [2.05, 4.69) is 47.9 Å². The van der Waals surface area contributed by atoms with Crippen molar-refractivity contribution in [2.75, 3.05) is 31.1 Å². The number of nitrogens with zero attached hydrogens (tertiary/aromatic N) is 5. The third kappa shape index (κ3) is 3.60. The average Bonchev–Trinajstić information content (AvgIpc) is 3.35. The van der Waals surface area contributed by atoms with Gasteiger partial charge >= 0.3 is 0 Å². The molecule has 2 aromatic heterocycles. The quantitative estimate of drug-likeness (QED) is 0.629. The molecule has 0 unspecified atom stereocenters. The van der Waals surface area contributed by atoms with Crippen molar-refractivity contribution in [3.63, 3.8) is 0 Å². The number of anilines is 1. The molecule has 1 aliphatic heterocycles. The van der Waals surface area contributed by atoms with Gasteiger partial charge in [0.2, 0.25) is 5.91 Å². The third-order valence-corrected chi connectivity index (χ3v) is 7.69. The van der Waals surface area contributed by atoms with Gasteiger partial charge in [0.25, 0.3) is 0 Å². The Morgan fingerprint density at radius 1 is 1.00 bits per heavy atom. The molecule has 6 nitrogen and oxygen atoms in total. The number of fused-ring (bicyclic) bond motifs is 1. The Labute approximate surface area is 181 Å². The number of amides is 1. The van der Waals surface area contributed by atoms with Gasteiger partial charge in [0.05, 0.1) is 16.1 Å². The highest BCUT2D eigenvalue weighted by Crippen LogP contribution is 2.33. The fraction of sp³-hybridized carbons (Fsp3) is 0.522. The average molecular weight is 424 g/mol. The molecule has 0 N–H and O–H groups in total. The molecule has 7 heteroatoms. The zero-order valence-electron chi connectivity index (χ0n) is 17.8. The summed E-state index contributed by atoms with van der Waals surface area (Å²) in [6.45, 7) is 7.45. The summed E-state index contributed by atoms with van der Waals surface area (Å²) >= 11 is 1.71. The number of rotatable bonds is 3. The molecule has 0 spiro atoms. The molecule has 30 heavy (non-hydrogen) atoms. The van der Waals surface area contributed by atoms with Crippen LogP contribution in [0.1, 0.15) is 43.4 Å². The second-order valence-corrected chi connectivity index (χ2v) is 9.61. The molecule has 2 aliphatic rings. The number of benzene rings is 1. The van der Waals surface area contributed by atoms with Crippen LogP contribution in [0, 0.1) is 19.8 Å². The van der Waals surface area contributed by atoms with Crippen LogP contribution < -0.4 is 4.90 Å². The lowest BCUT2D eigenvalue weighted by Gasteiger charge is -2.37. The van der Waals surface area contributed by atoms with Crippen molar-refractivity contribution in [2.24, 2.45) is 5.92 Å². The minimum absolute atomic E-state index is 0.260. The van der Waals surface area contributed by atoms with Crippen LogP contribution in [0.2, 0.25) is 0 Å². The van der Waals surface area contributed by atoms with Gasteiger partial charge in [-0.3, -0.25) is 4.79 Å². The predicted molar refractivity (Wildman–Crippen MR) is 122 cm³/mol. The number of aromatic nitrogens is 3. The van der Waals surface area contributed by atoms with Crippen LogP contribution in [-0.2, 0) is 4.79 Å². The summed E-state index contributed by atoms with van der Waals surface area (Å²) in [4.78, 5) is 22.2. The molecular formula is C23H29N5OS. The summed E-state index contributed by atoms with van der Waals surface area (Å²) in [7, 11) is 0. The highest BCUT2D eigenvalue weighted by atomic mass is 32.1. The number of aryl methyl sites for hydroxylation is 2. The van der Waals surface area contributed by atoms with Crippen LogP contribution in [0.15, 0.2) is 24.3 Å². The Kier molecular flexibility index (Phi) is 5.23. The van der Waals surface area contributed by atoms with E-state index < -0.39 is 0 Å². The molecular weight excluding hydrogens is 394 g/mol. The Balaban J connectivity index is 1.32. The first-order valence-electron chi connectivity index (χ1n) is 11.1. The van der Waals surface area contributed by atoms with Crippen LogP contribution in [0.25, 0.3) is 16.0 Å². The topological polar surface area (TPSA) is 54.3 Å². The summed E-state index contributed by atoms with van der Waals surface area (Å²) in [6, 6.07) is 8.40. The van der Waals surface area contributed by atoms with Crippen molar-refractivity contribution in [3.05, 3.63) is 35.5 Å². The number of carbonyl (C=O) groups is 1. The van der Waals surface area contributed by atoms with E-state index in [1.165, 1.54) is 24.8 Å². The van der Waals surface area contributed by atoms with Gasteiger partial charge in [0.1, 0.15) is 0 Å². The van der Waals surface area contributed by atoms with Crippen molar-refractivity contribution in [2.45, 2.75) is 46.0 Å². The maximum atomic E-state index is 12.8. The Hall–Kier alpha value is -2.41. The van der Waals surface area contributed by atoms with Crippen LogP contribution in [0.3, 0.4) is 0 Å². The van der Waals surface area contributed by atoms with Crippen LogP contribution in [0.5, 0.6) is 0 Å². The minimum atomic E-state index is 0.260. The number of hydrogen-bond acceptors (Lipinski definition) is 5. The van der Waals surface area contributed by atoms with Crippen LogP contribution in [0.4, 0.5) is 5.13 Å². The monoisotopic (exact) mass is 423 g/mol. The lowest BCUT2D eigenvalue weighted by molar-refractivity contribution is -0.136. The number of piperazine rings is 1. The Morgan fingerprint density at radius 3 is 2.40 bits per heavy atom. The van der Waals surface area contributed by atoms with Gasteiger partial charge < -0.3 is 9.80 Å². The number of hydrogen-bond donors (Lipinski definition) is 0. The van der Waals surface area contributed by atoms with Gasteiger partial charge in [-0.15, -0.1) is 0 Å². The third-order valence-electron chi connectivity index (χ3n) is 6.47. The van der Waals surface area contributed by atoms with Gasteiger partial charge in [0, 0.05) is 32.1 Å². The predicted octanol–water partition coefficient (Wildman–Crippen LogP) is 4.33. The fourth-order valence-electron chi connectivity index (χ4n) is 4.65.